The molecule has 0 unspecified atom stereocenters. The zero-order valence-corrected chi connectivity index (χ0v) is 9.94. The summed E-state index contributed by atoms with van der Waals surface area (Å²) in [6, 6.07) is 10.3. The van der Waals surface area contributed by atoms with Gasteiger partial charge >= 0.3 is 0 Å². The van der Waals surface area contributed by atoms with E-state index in [0.29, 0.717) is 6.10 Å². The average molecular weight is 207 g/mol. The molecule has 1 aromatic carbocycles. The van der Waals surface area contributed by atoms with E-state index in [1.165, 1.54) is 5.56 Å². The number of nitrogens with zero attached hydrogens (tertiary/aromatic N) is 1. The highest BCUT2D eigenvalue weighted by Gasteiger charge is 2.23. The van der Waals surface area contributed by atoms with Gasteiger partial charge < -0.3 is 9.64 Å². The lowest BCUT2D eigenvalue weighted by molar-refractivity contribution is -0.0518. The highest BCUT2D eigenvalue weighted by Crippen LogP contribution is 2.11. The fraction of sp³-hybridized carbons (Fsp3) is 0.538. The normalized spacial score (nSPS) is 16.5. The van der Waals surface area contributed by atoms with Crippen molar-refractivity contribution < 1.29 is 4.74 Å². The quantitative estimate of drug-likeness (QED) is 0.755. The van der Waals surface area contributed by atoms with Crippen LogP contribution in [0.3, 0.4) is 0 Å². The van der Waals surface area contributed by atoms with Crippen LogP contribution in [-0.2, 0) is 11.3 Å². The van der Waals surface area contributed by atoms with Crippen LogP contribution in [-0.4, -0.2) is 31.1 Å². The second-order valence-corrected chi connectivity index (χ2v) is 3.64. The van der Waals surface area contributed by atoms with Gasteiger partial charge in [0.15, 0.2) is 0 Å². The molecule has 84 valence electrons. The highest BCUT2D eigenvalue weighted by molar-refractivity contribution is 5.13. The van der Waals surface area contributed by atoms with Crippen LogP contribution in [0.2, 0.25) is 0 Å². The van der Waals surface area contributed by atoms with Crippen molar-refractivity contribution in [3.05, 3.63) is 35.9 Å². The standard InChI is InChI=1S/C11H15NO.C2H6/c1-12-7-11(8-12)13-9-10-5-3-2-4-6-10;1-2/h2-6,11H,7-9H2,1H3;1-2H3. The van der Waals surface area contributed by atoms with E-state index in [4.69, 9.17) is 4.74 Å². The molecule has 0 atom stereocenters. The van der Waals surface area contributed by atoms with E-state index in [9.17, 15) is 0 Å². The molecule has 1 heterocycles. The highest BCUT2D eigenvalue weighted by atomic mass is 16.5. The first kappa shape index (κ1) is 12.2. The SMILES string of the molecule is CC.CN1CC(OCc2ccccc2)C1. The van der Waals surface area contributed by atoms with Crippen LogP contribution < -0.4 is 0 Å². The van der Waals surface area contributed by atoms with Gasteiger partial charge in [-0.25, -0.2) is 0 Å². The molecule has 1 aliphatic rings. The maximum absolute atomic E-state index is 5.69. The Hall–Kier alpha value is -0.860. The summed E-state index contributed by atoms with van der Waals surface area (Å²) in [7, 11) is 2.11. The molecule has 0 N–H and O–H groups in total. The number of hydrogen-bond acceptors (Lipinski definition) is 2. The Balaban J connectivity index is 0.000000531. The molecule has 0 saturated carbocycles. The fourth-order valence-electron chi connectivity index (χ4n) is 1.54. The largest absolute Gasteiger partial charge is 0.371 e. The number of ether oxygens (including phenoxy) is 1. The van der Waals surface area contributed by atoms with Gasteiger partial charge in [0.25, 0.3) is 0 Å². The summed E-state index contributed by atoms with van der Waals surface area (Å²) in [5.41, 5.74) is 1.26. The summed E-state index contributed by atoms with van der Waals surface area (Å²) in [6.45, 7) is 6.90. The third kappa shape index (κ3) is 4.02. The Labute approximate surface area is 92.9 Å². The monoisotopic (exact) mass is 207 g/mol. The van der Waals surface area contributed by atoms with Gasteiger partial charge in [0.1, 0.15) is 0 Å². The van der Waals surface area contributed by atoms with Crippen molar-refractivity contribution in [2.75, 3.05) is 20.1 Å². The van der Waals surface area contributed by atoms with E-state index in [1.54, 1.807) is 0 Å². The number of benzene rings is 1. The van der Waals surface area contributed by atoms with Crippen LogP contribution in [0.15, 0.2) is 30.3 Å². The summed E-state index contributed by atoms with van der Waals surface area (Å²) in [4.78, 5) is 2.26. The minimum Gasteiger partial charge on any atom is -0.371 e. The van der Waals surface area contributed by atoms with Gasteiger partial charge in [0, 0.05) is 13.1 Å². The first-order valence-corrected chi connectivity index (χ1v) is 5.68. The van der Waals surface area contributed by atoms with Gasteiger partial charge in [-0.15, -0.1) is 0 Å². The Morgan fingerprint density at radius 2 is 1.80 bits per heavy atom. The molecule has 1 aliphatic heterocycles. The van der Waals surface area contributed by atoms with Crippen molar-refractivity contribution in [3.63, 3.8) is 0 Å². The van der Waals surface area contributed by atoms with Gasteiger partial charge in [-0.2, -0.15) is 0 Å². The topological polar surface area (TPSA) is 12.5 Å². The molecule has 1 aromatic rings. The molecule has 15 heavy (non-hydrogen) atoms. The first-order valence-electron chi connectivity index (χ1n) is 5.68. The molecule has 0 radical (unpaired) electrons. The molecule has 0 spiro atoms. The summed E-state index contributed by atoms with van der Waals surface area (Å²) < 4.78 is 5.69. The van der Waals surface area contributed by atoms with Gasteiger partial charge in [-0.3, -0.25) is 0 Å². The molecule has 1 fully saturated rings. The van der Waals surface area contributed by atoms with E-state index in [2.05, 4.69) is 24.1 Å². The second kappa shape index (κ2) is 6.59. The van der Waals surface area contributed by atoms with Crippen molar-refractivity contribution in [3.8, 4) is 0 Å². The molecule has 0 aromatic heterocycles. The maximum atomic E-state index is 5.69. The molecule has 2 nitrogen and oxygen atoms in total. The predicted molar refractivity (Wildman–Crippen MR) is 63.9 cm³/mol. The van der Waals surface area contributed by atoms with E-state index < -0.39 is 0 Å². The molecule has 0 aliphatic carbocycles. The van der Waals surface area contributed by atoms with Crippen molar-refractivity contribution in [1.82, 2.24) is 4.90 Å². The zero-order chi connectivity index (χ0) is 11.1. The van der Waals surface area contributed by atoms with Crippen LogP contribution in [0.1, 0.15) is 19.4 Å². The fourth-order valence-corrected chi connectivity index (χ4v) is 1.54. The summed E-state index contributed by atoms with van der Waals surface area (Å²) in [5.74, 6) is 0. The average Bonchev–Trinajstić information content (AvgIpc) is 2.27. The van der Waals surface area contributed by atoms with Crippen LogP contribution in [0.4, 0.5) is 0 Å². The minimum absolute atomic E-state index is 0.449. The zero-order valence-electron chi connectivity index (χ0n) is 9.94. The Morgan fingerprint density at radius 1 is 1.20 bits per heavy atom. The van der Waals surface area contributed by atoms with Gasteiger partial charge in [-0.05, 0) is 12.6 Å². The number of likely N-dealkylation sites (N-methyl/N-ethyl adjacent to an activating group) is 1. The summed E-state index contributed by atoms with van der Waals surface area (Å²) >= 11 is 0. The Bertz CT molecular complexity index is 254. The minimum atomic E-state index is 0.449. The summed E-state index contributed by atoms with van der Waals surface area (Å²) in [6.07, 6.45) is 0.449. The smallest absolute Gasteiger partial charge is 0.0832 e. The van der Waals surface area contributed by atoms with Crippen LogP contribution >= 0.6 is 0 Å². The predicted octanol–water partition coefficient (Wildman–Crippen LogP) is 2.54. The van der Waals surface area contributed by atoms with Gasteiger partial charge in [-0.1, -0.05) is 44.2 Å². The molecule has 1 saturated heterocycles. The maximum Gasteiger partial charge on any atom is 0.0832 e. The molecular weight excluding hydrogens is 186 g/mol. The molecule has 2 heteroatoms. The van der Waals surface area contributed by atoms with Gasteiger partial charge in [0.05, 0.1) is 12.7 Å². The lowest BCUT2D eigenvalue weighted by Gasteiger charge is -2.35. The van der Waals surface area contributed by atoms with Crippen molar-refractivity contribution in [2.24, 2.45) is 0 Å². The summed E-state index contributed by atoms with van der Waals surface area (Å²) in [5, 5.41) is 0. The van der Waals surface area contributed by atoms with Crippen molar-refractivity contribution >= 4 is 0 Å². The van der Waals surface area contributed by atoms with E-state index in [1.807, 2.05) is 32.0 Å². The van der Waals surface area contributed by atoms with Crippen LogP contribution in [0, 0.1) is 0 Å². The van der Waals surface area contributed by atoms with E-state index in [-0.39, 0.29) is 0 Å². The lowest BCUT2D eigenvalue weighted by Crippen LogP contribution is -2.49. The molecule has 0 amide bonds. The van der Waals surface area contributed by atoms with Crippen LogP contribution in [0.5, 0.6) is 0 Å². The third-order valence-electron chi connectivity index (χ3n) is 2.36. The number of rotatable bonds is 3. The van der Waals surface area contributed by atoms with Crippen molar-refractivity contribution in [1.29, 1.82) is 0 Å². The Kier molecular flexibility index (Phi) is 5.37. The van der Waals surface area contributed by atoms with Crippen molar-refractivity contribution in [2.45, 2.75) is 26.6 Å². The number of likely N-dealkylation sites (tertiary alicyclic amines) is 1. The second-order valence-electron chi connectivity index (χ2n) is 3.64. The van der Waals surface area contributed by atoms with E-state index in [0.717, 1.165) is 19.7 Å². The molecule has 2 rings (SSSR count). The number of hydrogen-bond donors (Lipinski definition) is 0. The lowest BCUT2D eigenvalue weighted by atomic mass is 10.2. The Morgan fingerprint density at radius 3 is 2.33 bits per heavy atom. The van der Waals surface area contributed by atoms with Crippen LogP contribution in [0.25, 0.3) is 0 Å². The first-order chi connectivity index (χ1) is 7.34. The van der Waals surface area contributed by atoms with Gasteiger partial charge in [0.2, 0.25) is 0 Å². The third-order valence-corrected chi connectivity index (χ3v) is 2.36. The molecular formula is C13H21NO. The van der Waals surface area contributed by atoms with E-state index >= 15 is 0 Å². The molecule has 0 bridgehead atoms.